The van der Waals surface area contributed by atoms with Gasteiger partial charge in [0.1, 0.15) is 0 Å². The lowest BCUT2D eigenvalue weighted by Gasteiger charge is -2.17. The zero-order valence-electron chi connectivity index (χ0n) is 13.3. The predicted molar refractivity (Wildman–Crippen MR) is 92.3 cm³/mol. The summed E-state index contributed by atoms with van der Waals surface area (Å²) in [7, 11) is 0. The summed E-state index contributed by atoms with van der Waals surface area (Å²) >= 11 is 1.95. The van der Waals surface area contributed by atoms with Gasteiger partial charge in [0.05, 0.1) is 6.04 Å². The van der Waals surface area contributed by atoms with Gasteiger partial charge < -0.3 is 5.73 Å². The van der Waals surface area contributed by atoms with Crippen molar-refractivity contribution in [2.24, 2.45) is 5.73 Å². The zero-order valence-corrected chi connectivity index (χ0v) is 14.1. The topological polar surface area (TPSA) is 26.0 Å². The normalized spacial score (nSPS) is 16.4. The van der Waals surface area contributed by atoms with Gasteiger partial charge in [-0.15, -0.1) is 11.3 Å². The van der Waals surface area contributed by atoms with Crippen molar-refractivity contribution in [1.29, 1.82) is 0 Å². The molecule has 21 heavy (non-hydrogen) atoms. The van der Waals surface area contributed by atoms with Crippen molar-refractivity contribution in [2.75, 3.05) is 0 Å². The maximum Gasteiger partial charge on any atom is 0.0651 e. The zero-order chi connectivity index (χ0) is 15.0. The van der Waals surface area contributed by atoms with Crippen LogP contribution in [-0.4, -0.2) is 0 Å². The minimum atomic E-state index is 0.0301. The van der Waals surface area contributed by atoms with Gasteiger partial charge in [-0.1, -0.05) is 24.1 Å². The van der Waals surface area contributed by atoms with Crippen LogP contribution < -0.4 is 5.73 Å². The molecular formula is C19H25NS. The molecule has 1 unspecified atom stereocenters. The molecule has 1 aliphatic carbocycles. The van der Waals surface area contributed by atoms with Crippen molar-refractivity contribution in [2.45, 2.75) is 58.9 Å². The second-order valence-corrected chi connectivity index (χ2v) is 7.62. The van der Waals surface area contributed by atoms with Gasteiger partial charge in [-0.05, 0) is 74.8 Å². The van der Waals surface area contributed by atoms with Crippen LogP contribution >= 0.6 is 11.3 Å². The van der Waals surface area contributed by atoms with Crippen molar-refractivity contribution >= 4 is 11.3 Å². The molecule has 0 amide bonds. The molecule has 1 nitrogen and oxygen atoms in total. The molecule has 0 saturated carbocycles. The van der Waals surface area contributed by atoms with Crippen molar-refractivity contribution in [1.82, 2.24) is 0 Å². The van der Waals surface area contributed by atoms with Crippen molar-refractivity contribution in [3.63, 3.8) is 0 Å². The van der Waals surface area contributed by atoms with Crippen LogP contribution in [0.1, 0.15) is 62.9 Å². The van der Waals surface area contributed by atoms with Crippen molar-refractivity contribution in [3.8, 4) is 0 Å². The fourth-order valence-corrected chi connectivity index (χ4v) is 4.94. The number of rotatable bonds is 2. The standard InChI is InChI=1S/C19H25NS/c1-12-9-13(2)18(14(3)10-12)19(20)17-11-15-7-5-4-6-8-16(15)21-17/h9-11,19H,4-8,20H2,1-3H3. The summed E-state index contributed by atoms with van der Waals surface area (Å²) in [5.74, 6) is 0. The summed E-state index contributed by atoms with van der Waals surface area (Å²) < 4.78 is 0. The van der Waals surface area contributed by atoms with Crippen molar-refractivity contribution in [3.05, 3.63) is 55.8 Å². The molecule has 1 atom stereocenters. The molecule has 2 N–H and O–H groups in total. The first-order valence-corrected chi connectivity index (χ1v) is 8.82. The molecule has 0 spiro atoms. The Bertz CT molecular complexity index is 607. The monoisotopic (exact) mass is 299 g/mol. The molecular weight excluding hydrogens is 274 g/mol. The third-order valence-electron chi connectivity index (χ3n) is 4.62. The fraction of sp³-hybridized carbons (Fsp3) is 0.474. The highest BCUT2D eigenvalue weighted by Crippen LogP contribution is 2.35. The van der Waals surface area contributed by atoms with Crippen LogP contribution in [0.4, 0.5) is 0 Å². The lowest BCUT2D eigenvalue weighted by Crippen LogP contribution is -2.13. The Morgan fingerprint density at radius 3 is 2.33 bits per heavy atom. The molecule has 0 fully saturated rings. The quantitative estimate of drug-likeness (QED) is 0.777. The summed E-state index contributed by atoms with van der Waals surface area (Å²) in [6.45, 7) is 6.53. The molecule has 112 valence electrons. The van der Waals surface area contributed by atoms with Gasteiger partial charge in [-0.3, -0.25) is 0 Å². The lowest BCUT2D eigenvalue weighted by molar-refractivity contribution is 0.712. The third kappa shape index (κ3) is 2.93. The van der Waals surface area contributed by atoms with Gasteiger partial charge in [-0.25, -0.2) is 0 Å². The van der Waals surface area contributed by atoms with E-state index >= 15 is 0 Å². The average molecular weight is 299 g/mol. The molecule has 2 heteroatoms. The molecule has 1 aliphatic rings. The Labute approximate surface area is 132 Å². The molecule has 0 aliphatic heterocycles. The largest absolute Gasteiger partial charge is 0.320 e. The van der Waals surface area contributed by atoms with Crippen molar-refractivity contribution < 1.29 is 0 Å². The fourth-order valence-electron chi connectivity index (χ4n) is 3.67. The Hall–Kier alpha value is -1.12. The summed E-state index contributed by atoms with van der Waals surface area (Å²) in [5.41, 5.74) is 13.5. The lowest BCUT2D eigenvalue weighted by atomic mass is 9.93. The summed E-state index contributed by atoms with van der Waals surface area (Å²) in [6, 6.07) is 6.92. The van der Waals surface area contributed by atoms with Gasteiger partial charge in [0, 0.05) is 9.75 Å². The number of fused-ring (bicyclic) bond motifs is 1. The molecule has 2 aromatic rings. The van der Waals surface area contributed by atoms with Crippen LogP contribution in [0.5, 0.6) is 0 Å². The number of thiophene rings is 1. The van der Waals surface area contributed by atoms with Crippen LogP contribution in [0.2, 0.25) is 0 Å². The Kier molecular flexibility index (Phi) is 4.19. The Morgan fingerprint density at radius 1 is 0.952 bits per heavy atom. The second-order valence-electron chi connectivity index (χ2n) is 6.45. The molecule has 1 aromatic carbocycles. The van der Waals surface area contributed by atoms with Crippen LogP contribution in [0.3, 0.4) is 0 Å². The Balaban J connectivity index is 1.97. The molecule has 1 heterocycles. The summed E-state index contributed by atoms with van der Waals surface area (Å²) in [4.78, 5) is 2.93. The highest BCUT2D eigenvalue weighted by molar-refractivity contribution is 7.12. The number of hydrogen-bond donors (Lipinski definition) is 1. The van der Waals surface area contributed by atoms with E-state index in [1.807, 2.05) is 11.3 Å². The summed E-state index contributed by atoms with van der Waals surface area (Å²) in [5, 5.41) is 0. The average Bonchev–Trinajstić information content (AvgIpc) is 2.69. The number of benzene rings is 1. The van der Waals surface area contributed by atoms with Crippen LogP contribution in [-0.2, 0) is 12.8 Å². The van der Waals surface area contributed by atoms with E-state index in [2.05, 4.69) is 39.0 Å². The molecule has 0 saturated heterocycles. The van der Waals surface area contributed by atoms with E-state index in [9.17, 15) is 0 Å². The predicted octanol–water partition coefficient (Wildman–Crippen LogP) is 4.99. The highest BCUT2D eigenvalue weighted by atomic mass is 32.1. The number of hydrogen-bond acceptors (Lipinski definition) is 2. The van der Waals surface area contributed by atoms with Crippen LogP contribution in [0, 0.1) is 20.8 Å². The smallest absolute Gasteiger partial charge is 0.0651 e. The van der Waals surface area contributed by atoms with E-state index < -0.39 is 0 Å². The molecule has 0 radical (unpaired) electrons. The maximum absolute atomic E-state index is 6.63. The first kappa shape index (κ1) is 14.8. The van der Waals surface area contributed by atoms with E-state index in [-0.39, 0.29) is 6.04 Å². The maximum atomic E-state index is 6.63. The first-order chi connectivity index (χ1) is 10.1. The second kappa shape index (κ2) is 5.94. The van der Waals surface area contributed by atoms with Gasteiger partial charge in [-0.2, -0.15) is 0 Å². The van der Waals surface area contributed by atoms with E-state index in [0.717, 1.165) is 0 Å². The first-order valence-electron chi connectivity index (χ1n) is 8.01. The van der Waals surface area contributed by atoms with Crippen LogP contribution in [0.25, 0.3) is 0 Å². The number of nitrogens with two attached hydrogens (primary N) is 1. The van der Waals surface area contributed by atoms with E-state index in [4.69, 9.17) is 5.73 Å². The van der Waals surface area contributed by atoms with Gasteiger partial charge in [0.25, 0.3) is 0 Å². The van der Waals surface area contributed by atoms with Gasteiger partial charge >= 0.3 is 0 Å². The van der Waals surface area contributed by atoms with E-state index in [0.29, 0.717) is 0 Å². The molecule has 0 bridgehead atoms. The SMILES string of the molecule is Cc1cc(C)c(C(N)c2cc3c(s2)CCCCC3)c(C)c1. The Morgan fingerprint density at radius 2 is 1.62 bits per heavy atom. The van der Waals surface area contributed by atoms with Crippen LogP contribution in [0.15, 0.2) is 18.2 Å². The number of aryl methyl sites for hydroxylation is 5. The molecule has 1 aromatic heterocycles. The van der Waals surface area contributed by atoms with Gasteiger partial charge in [0.2, 0.25) is 0 Å². The molecule has 3 rings (SSSR count). The minimum absolute atomic E-state index is 0.0301. The minimum Gasteiger partial charge on any atom is -0.320 e. The van der Waals surface area contributed by atoms with E-state index in [1.54, 1.807) is 10.4 Å². The third-order valence-corrected chi connectivity index (χ3v) is 5.94. The highest BCUT2D eigenvalue weighted by Gasteiger charge is 2.19. The van der Waals surface area contributed by atoms with E-state index in [1.165, 1.54) is 59.2 Å². The summed E-state index contributed by atoms with van der Waals surface area (Å²) in [6.07, 6.45) is 6.54. The van der Waals surface area contributed by atoms with Gasteiger partial charge in [0.15, 0.2) is 0 Å².